The molecule has 0 saturated carbocycles. The van der Waals surface area contributed by atoms with Crippen molar-refractivity contribution in [2.45, 2.75) is 38.6 Å². The number of amides is 1. The molecule has 1 amide bonds. The van der Waals surface area contributed by atoms with Crippen molar-refractivity contribution >= 4 is 23.4 Å². The third-order valence-electron chi connectivity index (χ3n) is 5.59. The number of hydrogen-bond donors (Lipinski definition) is 2. The van der Waals surface area contributed by atoms with E-state index in [9.17, 15) is 19.5 Å². The first kappa shape index (κ1) is 23.1. The Morgan fingerprint density at radius 3 is 2.22 bits per heavy atom. The van der Waals surface area contributed by atoms with E-state index in [4.69, 9.17) is 9.84 Å². The number of benzene rings is 2. The predicted molar refractivity (Wildman–Crippen MR) is 119 cm³/mol. The zero-order valence-corrected chi connectivity index (χ0v) is 18.2. The van der Waals surface area contributed by atoms with Crippen molar-refractivity contribution in [2.24, 2.45) is 0 Å². The highest BCUT2D eigenvalue weighted by atomic mass is 16.5. The molecule has 1 atom stereocenters. The monoisotopic (exact) mass is 437 g/mol. The van der Waals surface area contributed by atoms with Gasteiger partial charge in [0.25, 0.3) is 11.7 Å². The van der Waals surface area contributed by atoms with Crippen LogP contribution in [-0.2, 0) is 14.4 Å². The molecule has 0 unspecified atom stereocenters. The quantitative estimate of drug-likeness (QED) is 0.265. The van der Waals surface area contributed by atoms with Crippen molar-refractivity contribution in [3.05, 3.63) is 70.8 Å². The summed E-state index contributed by atoms with van der Waals surface area (Å²) in [5.41, 5.74) is 2.24. The molecule has 2 aromatic carbocycles. The highest BCUT2D eigenvalue weighted by Crippen LogP contribution is 2.39. The second-order valence-corrected chi connectivity index (χ2v) is 7.84. The number of Topliss-reactive ketones (excluding diaryl/α,β-unsaturated/α-hetero) is 1. The topological polar surface area (TPSA) is 104 Å². The number of rotatable bonds is 9. The minimum atomic E-state index is -0.857. The van der Waals surface area contributed by atoms with Crippen molar-refractivity contribution < 1.29 is 29.3 Å². The molecule has 1 fully saturated rings. The van der Waals surface area contributed by atoms with Gasteiger partial charge < -0.3 is 19.8 Å². The van der Waals surface area contributed by atoms with E-state index in [1.165, 1.54) is 12.0 Å². The van der Waals surface area contributed by atoms with E-state index in [-0.39, 0.29) is 17.8 Å². The van der Waals surface area contributed by atoms with Gasteiger partial charge >= 0.3 is 5.97 Å². The molecule has 1 heterocycles. The Bertz CT molecular complexity index is 1020. The Balaban J connectivity index is 1.96. The van der Waals surface area contributed by atoms with E-state index in [2.05, 4.69) is 0 Å². The fourth-order valence-electron chi connectivity index (χ4n) is 3.85. The summed E-state index contributed by atoms with van der Waals surface area (Å²) in [7, 11) is 1.54. The number of carbonyl (C=O) groups excluding carboxylic acids is 2. The van der Waals surface area contributed by atoms with Crippen molar-refractivity contribution in [1.29, 1.82) is 0 Å². The van der Waals surface area contributed by atoms with Crippen LogP contribution in [0.2, 0.25) is 0 Å². The third-order valence-corrected chi connectivity index (χ3v) is 5.59. The van der Waals surface area contributed by atoms with Crippen LogP contribution in [0.5, 0.6) is 5.75 Å². The number of unbranched alkanes of at least 4 members (excludes halogenated alkanes) is 2. The Labute approximate surface area is 186 Å². The lowest BCUT2D eigenvalue weighted by Crippen LogP contribution is -2.30. The third kappa shape index (κ3) is 4.99. The van der Waals surface area contributed by atoms with Crippen LogP contribution in [0.1, 0.15) is 48.4 Å². The maximum absolute atomic E-state index is 13.0. The summed E-state index contributed by atoms with van der Waals surface area (Å²) < 4.78 is 5.15. The average molecular weight is 437 g/mol. The maximum Gasteiger partial charge on any atom is 0.303 e. The lowest BCUT2D eigenvalue weighted by Gasteiger charge is -2.25. The number of aliphatic hydroxyl groups excluding tert-OH is 1. The Morgan fingerprint density at radius 1 is 0.969 bits per heavy atom. The Kier molecular flexibility index (Phi) is 7.30. The van der Waals surface area contributed by atoms with Gasteiger partial charge in [-0.1, -0.05) is 36.2 Å². The summed E-state index contributed by atoms with van der Waals surface area (Å²) >= 11 is 0. The van der Waals surface area contributed by atoms with Gasteiger partial charge in [0.2, 0.25) is 0 Å². The van der Waals surface area contributed by atoms with Crippen molar-refractivity contribution in [3.63, 3.8) is 0 Å². The summed E-state index contributed by atoms with van der Waals surface area (Å²) in [6.07, 6.45) is 1.75. The molecule has 1 aliphatic rings. The summed E-state index contributed by atoms with van der Waals surface area (Å²) in [6.45, 7) is 2.24. The molecule has 0 aromatic heterocycles. The molecule has 0 spiro atoms. The van der Waals surface area contributed by atoms with Crippen molar-refractivity contribution in [3.8, 4) is 5.75 Å². The summed E-state index contributed by atoms with van der Waals surface area (Å²) in [5, 5.41) is 19.8. The number of nitrogens with zero attached hydrogens (tertiary/aromatic N) is 1. The number of aliphatic carboxylic acids is 1. The van der Waals surface area contributed by atoms with Crippen LogP contribution >= 0.6 is 0 Å². The number of carboxylic acid groups (broad SMARTS) is 1. The van der Waals surface area contributed by atoms with Gasteiger partial charge in [0, 0.05) is 18.5 Å². The van der Waals surface area contributed by atoms with Gasteiger partial charge in [-0.15, -0.1) is 0 Å². The van der Waals surface area contributed by atoms with Gasteiger partial charge in [0.05, 0.1) is 18.7 Å². The molecule has 1 saturated heterocycles. The zero-order valence-electron chi connectivity index (χ0n) is 18.2. The second-order valence-electron chi connectivity index (χ2n) is 7.84. The standard InChI is InChI=1S/C25H27NO6/c1-16-7-9-17(10-8-16)22-21(23(29)18-11-13-19(32-2)14-12-18)24(30)25(31)26(22)15-5-3-4-6-20(27)28/h7-14,22,29H,3-6,15H2,1-2H3,(H,27,28)/t22-/m1/s1. The summed E-state index contributed by atoms with van der Waals surface area (Å²) in [5.74, 6) is -1.87. The molecular formula is C25H27NO6. The number of carbonyl (C=O) groups is 3. The molecule has 168 valence electrons. The number of aliphatic hydroxyl groups is 1. The Hall–Kier alpha value is -3.61. The molecule has 0 radical (unpaired) electrons. The number of likely N-dealkylation sites (tertiary alicyclic amines) is 1. The van der Waals surface area contributed by atoms with Gasteiger partial charge in [-0.2, -0.15) is 0 Å². The Morgan fingerprint density at radius 2 is 1.62 bits per heavy atom. The average Bonchev–Trinajstić information content (AvgIpc) is 3.03. The number of carboxylic acids is 1. The largest absolute Gasteiger partial charge is 0.507 e. The summed E-state index contributed by atoms with van der Waals surface area (Å²) in [4.78, 5) is 38.1. The molecule has 1 aliphatic heterocycles. The van der Waals surface area contributed by atoms with Crippen LogP contribution < -0.4 is 4.74 Å². The van der Waals surface area contributed by atoms with Gasteiger partial charge in [-0.3, -0.25) is 14.4 Å². The fourth-order valence-corrected chi connectivity index (χ4v) is 3.85. The molecule has 0 aliphatic carbocycles. The molecule has 32 heavy (non-hydrogen) atoms. The lowest BCUT2D eigenvalue weighted by atomic mass is 9.94. The predicted octanol–water partition coefficient (Wildman–Crippen LogP) is 4.07. The smallest absolute Gasteiger partial charge is 0.303 e. The number of ketones is 1. The first-order valence-corrected chi connectivity index (χ1v) is 10.5. The first-order valence-electron chi connectivity index (χ1n) is 10.5. The second kappa shape index (κ2) is 10.1. The van der Waals surface area contributed by atoms with Crippen molar-refractivity contribution in [1.82, 2.24) is 4.90 Å². The fraction of sp³-hybridized carbons (Fsp3) is 0.320. The number of ether oxygens (including phenoxy) is 1. The lowest BCUT2D eigenvalue weighted by molar-refractivity contribution is -0.140. The van der Waals surface area contributed by atoms with Crippen LogP contribution in [0, 0.1) is 6.92 Å². The van der Waals surface area contributed by atoms with Crippen LogP contribution in [0.25, 0.3) is 5.76 Å². The normalized spacial score (nSPS) is 17.6. The van der Waals surface area contributed by atoms with Crippen molar-refractivity contribution in [2.75, 3.05) is 13.7 Å². The minimum absolute atomic E-state index is 0.0505. The maximum atomic E-state index is 13.0. The van der Waals surface area contributed by atoms with Crippen LogP contribution in [-0.4, -0.2) is 46.4 Å². The zero-order chi connectivity index (χ0) is 23.3. The van der Waals surface area contributed by atoms with Gasteiger partial charge in [0.1, 0.15) is 11.5 Å². The van der Waals surface area contributed by atoms with E-state index < -0.39 is 23.7 Å². The molecule has 7 nitrogen and oxygen atoms in total. The molecule has 7 heteroatoms. The van der Waals surface area contributed by atoms with E-state index in [1.807, 2.05) is 31.2 Å². The molecule has 0 bridgehead atoms. The van der Waals surface area contributed by atoms with Crippen LogP contribution in [0.3, 0.4) is 0 Å². The highest BCUT2D eigenvalue weighted by Gasteiger charge is 2.45. The van der Waals surface area contributed by atoms with E-state index in [1.54, 1.807) is 24.3 Å². The highest BCUT2D eigenvalue weighted by molar-refractivity contribution is 6.46. The number of aryl methyl sites for hydroxylation is 1. The van der Waals surface area contributed by atoms with Gasteiger partial charge in [0.15, 0.2) is 0 Å². The molecule has 2 aromatic rings. The van der Waals surface area contributed by atoms with E-state index in [0.29, 0.717) is 37.1 Å². The van der Waals surface area contributed by atoms with Gasteiger partial charge in [-0.25, -0.2) is 0 Å². The molecule has 3 rings (SSSR count). The van der Waals surface area contributed by atoms with Gasteiger partial charge in [-0.05, 0) is 49.6 Å². The minimum Gasteiger partial charge on any atom is -0.507 e. The van der Waals surface area contributed by atoms with Crippen LogP contribution in [0.15, 0.2) is 54.1 Å². The molecular weight excluding hydrogens is 410 g/mol. The van der Waals surface area contributed by atoms with E-state index in [0.717, 1.165) is 11.1 Å². The number of methoxy groups -OCH3 is 1. The van der Waals surface area contributed by atoms with Crippen LogP contribution in [0.4, 0.5) is 0 Å². The molecule has 2 N–H and O–H groups in total. The number of hydrogen-bond acceptors (Lipinski definition) is 5. The first-order chi connectivity index (χ1) is 15.3. The SMILES string of the molecule is COc1ccc(C(O)=C2C(=O)C(=O)N(CCCCCC(=O)O)[C@@H]2c2ccc(C)cc2)cc1. The van der Waals surface area contributed by atoms with E-state index >= 15 is 0 Å². The summed E-state index contributed by atoms with van der Waals surface area (Å²) in [6, 6.07) is 13.4.